The van der Waals surface area contributed by atoms with E-state index >= 15 is 0 Å². The molecule has 0 saturated heterocycles. The zero-order valence-corrected chi connectivity index (χ0v) is 12.2. The van der Waals surface area contributed by atoms with Crippen LogP contribution in [0.4, 0.5) is 19.0 Å². The Kier molecular flexibility index (Phi) is 3.92. The van der Waals surface area contributed by atoms with Gasteiger partial charge in [-0.2, -0.15) is 5.26 Å². The number of nitrogens with zero attached hydrogens (tertiary/aromatic N) is 2. The van der Waals surface area contributed by atoms with Crippen LogP contribution in [-0.4, -0.2) is 4.98 Å². The minimum absolute atomic E-state index is 0.00799. The molecule has 0 atom stereocenters. The van der Waals surface area contributed by atoms with E-state index in [1.165, 1.54) is 36.4 Å². The van der Waals surface area contributed by atoms with Gasteiger partial charge < -0.3 is 5.73 Å². The predicted octanol–water partition coefficient (Wildman–Crippen LogP) is 4.29. The van der Waals surface area contributed by atoms with E-state index < -0.39 is 17.5 Å². The number of halogens is 3. The number of nitrogen functional groups attached to an aromatic ring is 1. The van der Waals surface area contributed by atoms with Crippen LogP contribution >= 0.6 is 0 Å². The van der Waals surface area contributed by atoms with Crippen LogP contribution in [0.3, 0.4) is 0 Å². The standard InChI is InChI=1S/C18H10F3N3/c19-11-3-1-10(2-4-11)17-8-14(15(9-22)18(23)24-17)13-6-5-12(20)7-16(13)21/h1-8H,(H2,23,24). The smallest absolute Gasteiger partial charge is 0.142 e. The normalized spacial score (nSPS) is 10.4. The number of nitrogens with two attached hydrogens (primary N) is 1. The van der Waals surface area contributed by atoms with Crippen molar-refractivity contribution >= 4 is 5.82 Å². The number of aromatic nitrogens is 1. The molecule has 0 aliphatic heterocycles. The lowest BCUT2D eigenvalue weighted by molar-refractivity contribution is 0.585. The topological polar surface area (TPSA) is 62.7 Å². The second-order valence-electron chi connectivity index (χ2n) is 5.06. The van der Waals surface area contributed by atoms with Gasteiger partial charge in [-0.1, -0.05) is 0 Å². The summed E-state index contributed by atoms with van der Waals surface area (Å²) in [6.07, 6.45) is 0. The molecule has 0 aliphatic rings. The Morgan fingerprint density at radius 2 is 1.54 bits per heavy atom. The minimum Gasteiger partial charge on any atom is -0.383 e. The summed E-state index contributed by atoms with van der Waals surface area (Å²) in [6, 6.07) is 11.9. The van der Waals surface area contributed by atoms with E-state index in [2.05, 4.69) is 4.98 Å². The summed E-state index contributed by atoms with van der Waals surface area (Å²) in [5.41, 5.74) is 6.94. The second-order valence-corrected chi connectivity index (χ2v) is 5.06. The molecule has 3 aromatic rings. The monoisotopic (exact) mass is 325 g/mol. The summed E-state index contributed by atoms with van der Waals surface area (Å²) in [5, 5.41) is 9.29. The first-order valence-electron chi connectivity index (χ1n) is 6.91. The van der Waals surface area contributed by atoms with Gasteiger partial charge in [-0.05, 0) is 42.5 Å². The highest BCUT2D eigenvalue weighted by Gasteiger charge is 2.16. The maximum atomic E-state index is 14.1. The SMILES string of the molecule is N#Cc1c(-c2ccc(F)cc2F)cc(-c2ccc(F)cc2)nc1N. The van der Waals surface area contributed by atoms with E-state index in [0.29, 0.717) is 11.3 Å². The van der Waals surface area contributed by atoms with E-state index in [9.17, 15) is 18.4 Å². The van der Waals surface area contributed by atoms with Gasteiger partial charge >= 0.3 is 0 Å². The molecule has 0 bridgehead atoms. The quantitative estimate of drug-likeness (QED) is 0.764. The van der Waals surface area contributed by atoms with E-state index in [-0.39, 0.29) is 22.5 Å². The lowest BCUT2D eigenvalue weighted by Crippen LogP contribution is -2.01. The number of pyridine rings is 1. The molecule has 0 amide bonds. The molecule has 0 spiro atoms. The van der Waals surface area contributed by atoms with Gasteiger partial charge in [-0.25, -0.2) is 18.2 Å². The number of benzene rings is 2. The second kappa shape index (κ2) is 6.05. The number of nitriles is 1. The van der Waals surface area contributed by atoms with Crippen LogP contribution in [0.2, 0.25) is 0 Å². The molecular weight excluding hydrogens is 315 g/mol. The first-order valence-corrected chi connectivity index (χ1v) is 6.91. The van der Waals surface area contributed by atoms with Crippen molar-refractivity contribution < 1.29 is 13.2 Å². The average molecular weight is 325 g/mol. The van der Waals surface area contributed by atoms with Gasteiger partial charge in [0.1, 0.15) is 34.9 Å². The molecule has 0 aliphatic carbocycles. The van der Waals surface area contributed by atoms with Crippen molar-refractivity contribution in [2.24, 2.45) is 0 Å². The maximum absolute atomic E-state index is 14.1. The summed E-state index contributed by atoms with van der Waals surface area (Å²) in [4.78, 5) is 4.11. The molecule has 0 radical (unpaired) electrons. The molecule has 1 aromatic heterocycles. The highest BCUT2D eigenvalue weighted by molar-refractivity contribution is 5.80. The summed E-state index contributed by atoms with van der Waals surface area (Å²) >= 11 is 0. The first-order chi connectivity index (χ1) is 11.5. The third kappa shape index (κ3) is 2.79. The van der Waals surface area contributed by atoms with Crippen LogP contribution in [0.5, 0.6) is 0 Å². The Morgan fingerprint density at radius 1 is 0.875 bits per heavy atom. The Balaban J connectivity index is 2.24. The van der Waals surface area contributed by atoms with Gasteiger partial charge in [0.15, 0.2) is 0 Å². The summed E-state index contributed by atoms with van der Waals surface area (Å²) < 4.78 is 40.3. The van der Waals surface area contributed by atoms with Crippen LogP contribution in [0.25, 0.3) is 22.4 Å². The summed E-state index contributed by atoms with van der Waals surface area (Å²) in [7, 11) is 0. The van der Waals surface area contributed by atoms with Crippen molar-refractivity contribution in [1.82, 2.24) is 4.98 Å². The van der Waals surface area contributed by atoms with E-state index in [1.807, 2.05) is 6.07 Å². The molecule has 118 valence electrons. The third-order valence-corrected chi connectivity index (χ3v) is 3.52. The predicted molar refractivity (Wildman–Crippen MR) is 84.1 cm³/mol. The zero-order valence-electron chi connectivity index (χ0n) is 12.2. The van der Waals surface area contributed by atoms with Crippen molar-refractivity contribution in [1.29, 1.82) is 5.26 Å². The van der Waals surface area contributed by atoms with Crippen LogP contribution in [-0.2, 0) is 0 Å². The van der Waals surface area contributed by atoms with E-state index in [0.717, 1.165) is 12.1 Å². The lowest BCUT2D eigenvalue weighted by atomic mass is 9.98. The van der Waals surface area contributed by atoms with E-state index in [4.69, 9.17) is 5.73 Å². The Hall–Kier alpha value is -3.33. The van der Waals surface area contributed by atoms with Crippen molar-refractivity contribution in [3.8, 4) is 28.5 Å². The fraction of sp³-hybridized carbons (Fsp3) is 0. The third-order valence-electron chi connectivity index (χ3n) is 3.52. The van der Waals surface area contributed by atoms with Crippen LogP contribution in [0, 0.1) is 28.8 Å². The molecule has 2 aromatic carbocycles. The molecule has 0 unspecified atom stereocenters. The van der Waals surface area contributed by atoms with Crippen molar-refractivity contribution in [2.75, 3.05) is 5.73 Å². The number of hydrogen-bond acceptors (Lipinski definition) is 3. The molecule has 6 heteroatoms. The molecule has 1 heterocycles. The highest BCUT2D eigenvalue weighted by Crippen LogP contribution is 2.32. The Bertz CT molecular complexity index is 960. The van der Waals surface area contributed by atoms with Gasteiger partial charge in [0.25, 0.3) is 0 Å². The van der Waals surface area contributed by atoms with E-state index in [1.54, 1.807) is 0 Å². The van der Waals surface area contributed by atoms with Crippen molar-refractivity contribution in [3.05, 3.63) is 71.5 Å². The van der Waals surface area contributed by atoms with Crippen molar-refractivity contribution in [2.45, 2.75) is 0 Å². The average Bonchev–Trinajstić information content (AvgIpc) is 2.55. The number of anilines is 1. The summed E-state index contributed by atoms with van der Waals surface area (Å²) in [5.74, 6) is -2.04. The van der Waals surface area contributed by atoms with Crippen molar-refractivity contribution in [3.63, 3.8) is 0 Å². The minimum atomic E-state index is -0.817. The molecule has 3 rings (SSSR count). The van der Waals surface area contributed by atoms with Gasteiger partial charge in [0.05, 0.1) is 5.69 Å². The zero-order chi connectivity index (χ0) is 17.3. The molecule has 2 N–H and O–H groups in total. The van der Waals surface area contributed by atoms with Crippen LogP contribution in [0.1, 0.15) is 5.56 Å². The van der Waals surface area contributed by atoms with Crippen LogP contribution in [0.15, 0.2) is 48.5 Å². The lowest BCUT2D eigenvalue weighted by Gasteiger charge is -2.11. The largest absolute Gasteiger partial charge is 0.383 e. The van der Waals surface area contributed by atoms with Crippen LogP contribution < -0.4 is 5.73 Å². The fourth-order valence-corrected chi connectivity index (χ4v) is 2.37. The highest BCUT2D eigenvalue weighted by atomic mass is 19.1. The fourth-order valence-electron chi connectivity index (χ4n) is 2.37. The Labute approximate surface area is 135 Å². The number of rotatable bonds is 2. The molecule has 0 saturated carbocycles. The molecule has 3 nitrogen and oxygen atoms in total. The van der Waals surface area contributed by atoms with Gasteiger partial charge in [-0.15, -0.1) is 0 Å². The van der Waals surface area contributed by atoms with Gasteiger partial charge in [0, 0.05) is 22.8 Å². The molecule has 24 heavy (non-hydrogen) atoms. The van der Waals surface area contributed by atoms with Gasteiger partial charge in [0.2, 0.25) is 0 Å². The molecular formula is C18H10F3N3. The summed E-state index contributed by atoms with van der Waals surface area (Å²) in [6.45, 7) is 0. The Morgan fingerprint density at radius 3 is 2.17 bits per heavy atom. The number of hydrogen-bond donors (Lipinski definition) is 1. The maximum Gasteiger partial charge on any atom is 0.142 e. The molecule has 0 fully saturated rings. The van der Waals surface area contributed by atoms with Gasteiger partial charge in [-0.3, -0.25) is 0 Å². The first kappa shape index (κ1) is 15.6.